The van der Waals surface area contributed by atoms with Crippen LogP contribution in [0.3, 0.4) is 0 Å². The molecule has 1 aromatic carbocycles. The maximum absolute atomic E-state index is 13.4. The van der Waals surface area contributed by atoms with Gasteiger partial charge in [-0.05, 0) is 73.6 Å². The lowest BCUT2D eigenvalue weighted by molar-refractivity contribution is -0.161. The summed E-state index contributed by atoms with van der Waals surface area (Å²) in [5.74, 6) is 1.39. The molecular weight excluding hydrogens is 458 g/mol. The molecule has 4 rings (SSSR count). The fourth-order valence-corrected chi connectivity index (χ4v) is 6.37. The largest absolute Gasteiger partial charge is 0.497 e. The van der Waals surface area contributed by atoms with Gasteiger partial charge in [0.15, 0.2) is 0 Å². The molecule has 2 aliphatic rings. The minimum absolute atomic E-state index is 0.0522. The van der Waals surface area contributed by atoms with Crippen molar-refractivity contribution in [3.05, 3.63) is 41.3 Å². The van der Waals surface area contributed by atoms with Gasteiger partial charge in [-0.25, -0.2) is 0 Å². The third-order valence-corrected chi connectivity index (χ3v) is 8.47. The maximum Gasteiger partial charge on any atom is 0.246 e. The summed E-state index contributed by atoms with van der Waals surface area (Å²) >= 11 is 1.81. The molecule has 2 aromatic rings. The van der Waals surface area contributed by atoms with Gasteiger partial charge >= 0.3 is 0 Å². The van der Waals surface area contributed by atoms with Crippen LogP contribution in [0.4, 0.5) is 0 Å². The number of methoxy groups -OCH3 is 1. The Kier molecular flexibility index (Phi) is 8.17. The van der Waals surface area contributed by atoms with E-state index >= 15 is 0 Å². The van der Waals surface area contributed by atoms with Crippen LogP contribution in [0.2, 0.25) is 0 Å². The molecule has 1 atom stereocenters. The van der Waals surface area contributed by atoms with Crippen molar-refractivity contribution in [3.8, 4) is 16.2 Å². The van der Waals surface area contributed by atoms with Gasteiger partial charge in [0.1, 0.15) is 17.3 Å². The number of piperazine rings is 1. The first-order valence-corrected chi connectivity index (χ1v) is 13.8. The number of benzene rings is 1. The first-order chi connectivity index (χ1) is 16.9. The Hall–Kier alpha value is -2.38. The summed E-state index contributed by atoms with van der Waals surface area (Å²) in [5, 5.41) is 3.10. The Morgan fingerprint density at radius 2 is 1.83 bits per heavy atom. The predicted octanol–water partition coefficient (Wildman–Crippen LogP) is 4.93. The molecule has 190 valence electrons. The monoisotopic (exact) mass is 497 g/mol. The van der Waals surface area contributed by atoms with Crippen LogP contribution in [-0.4, -0.2) is 59.9 Å². The van der Waals surface area contributed by atoms with Crippen molar-refractivity contribution < 1.29 is 14.3 Å². The number of hydrogen-bond acceptors (Lipinski definition) is 5. The van der Waals surface area contributed by atoms with E-state index in [1.807, 2.05) is 28.4 Å². The quantitative estimate of drug-likeness (QED) is 0.534. The molecule has 1 N–H and O–H groups in total. The Labute approximate surface area is 213 Å². The van der Waals surface area contributed by atoms with Gasteiger partial charge < -0.3 is 15.0 Å². The Bertz CT molecular complexity index is 1010. The van der Waals surface area contributed by atoms with Crippen molar-refractivity contribution in [2.24, 2.45) is 5.92 Å². The summed E-state index contributed by atoms with van der Waals surface area (Å²) in [4.78, 5) is 33.8. The van der Waals surface area contributed by atoms with Crippen LogP contribution in [-0.2, 0) is 16.1 Å². The number of rotatable bonds is 9. The molecule has 6 nitrogen and oxygen atoms in total. The number of unbranched alkanes of at least 4 members (excludes halogenated alkanes) is 1. The van der Waals surface area contributed by atoms with Crippen LogP contribution >= 0.6 is 11.3 Å². The standard InChI is InChI=1S/C28H39N3O3S/c1-5-6-15-31-26(32)24(18-20(2)3)29-27(33)28(31)13-16-30(17-14-28)19-23-11-12-25(35-23)21-7-9-22(34-4)10-8-21/h7-12,20,24H,5-6,13-19H2,1-4H3,(H,29,33). The highest BCUT2D eigenvalue weighted by molar-refractivity contribution is 7.15. The average Bonchev–Trinajstić information content (AvgIpc) is 3.32. The number of piperidine rings is 1. The van der Waals surface area contributed by atoms with Gasteiger partial charge in [0.05, 0.1) is 7.11 Å². The smallest absolute Gasteiger partial charge is 0.246 e. The van der Waals surface area contributed by atoms with Crippen LogP contribution in [0.1, 0.15) is 57.8 Å². The van der Waals surface area contributed by atoms with E-state index in [1.165, 1.54) is 15.3 Å². The van der Waals surface area contributed by atoms with Gasteiger partial charge in [0.2, 0.25) is 11.8 Å². The van der Waals surface area contributed by atoms with Gasteiger partial charge in [0, 0.05) is 35.9 Å². The van der Waals surface area contributed by atoms with Crippen molar-refractivity contribution in [3.63, 3.8) is 0 Å². The number of thiophene rings is 1. The highest BCUT2D eigenvalue weighted by Gasteiger charge is 2.53. The molecule has 1 unspecified atom stereocenters. The fourth-order valence-electron chi connectivity index (χ4n) is 5.32. The molecule has 1 spiro atoms. The molecule has 0 saturated carbocycles. The minimum Gasteiger partial charge on any atom is -0.497 e. The summed E-state index contributed by atoms with van der Waals surface area (Å²) < 4.78 is 5.27. The van der Waals surface area contributed by atoms with Gasteiger partial charge in [-0.3, -0.25) is 14.5 Å². The highest BCUT2D eigenvalue weighted by Crippen LogP contribution is 2.36. The van der Waals surface area contributed by atoms with Gasteiger partial charge in [0.25, 0.3) is 0 Å². The molecule has 0 radical (unpaired) electrons. The summed E-state index contributed by atoms with van der Waals surface area (Å²) in [6, 6.07) is 12.2. The van der Waals surface area contributed by atoms with E-state index in [4.69, 9.17) is 4.74 Å². The number of carbonyl (C=O) groups is 2. The van der Waals surface area contributed by atoms with E-state index in [0.717, 1.165) is 38.2 Å². The number of carbonyl (C=O) groups excluding carboxylic acids is 2. The van der Waals surface area contributed by atoms with E-state index in [1.54, 1.807) is 7.11 Å². The van der Waals surface area contributed by atoms with E-state index < -0.39 is 5.54 Å². The van der Waals surface area contributed by atoms with Crippen molar-refractivity contribution in [1.82, 2.24) is 15.1 Å². The lowest BCUT2D eigenvalue weighted by Gasteiger charge is -2.52. The van der Waals surface area contributed by atoms with Crippen LogP contribution in [0, 0.1) is 5.92 Å². The Balaban J connectivity index is 1.42. The van der Waals surface area contributed by atoms with Gasteiger partial charge in [-0.1, -0.05) is 27.2 Å². The van der Waals surface area contributed by atoms with E-state index in [9.17, 15) is 9.59 Å². The zero-order valence-electron chi connectivity index (χ0n) is 21.5. The summed E-state index contributed by atoms with van der Waals surface area (Å²) in [6.45, 7) is 9.51. The highest BCUT2D eigenvalue weighted by atomic mass is 32.1. The van der Waals surface area contributed by atoms with Crippen molar-refractivity contribution >= 4 is 23.2 Å². The molecule has 2 fully saturated rings. The average molecular weight is 498 g/mol. The molecule has 35 heavy (non-hydrogen) atoms. The Morgan fingerprint density at radius 1 is 1.11 bits per heavy atom. The number of hydrogen-bond donors (Lipinski definition) is 1. The van der Waals surface area contributed by atoms with E-state index in [-0.39, 0.29) is 17.9 Å². The lowest BCUT2D eigenvalue weighted by Crippen LogP contribution is -2.73. The summed E-state index contributed by atoms with van der Waals surface area (Å²) in [6.07, 6.45) is 4.03. The second-order valence-corrected chi connectivity index (χ2v) is 11.5. The van der Waals surface area contributed by atoms with Gasteiger partial charge in [-0.15, -0.1) is 11.3 Å². The van der Waals surface area contributed by atoms with E-state index in [0.29, 0.717) is 31.7 Å². The first-order valence-electron chi connectivity index (χ1n) is 12.9. The van der Waals surface area contributed by atoms with Crippen LogP contribution < -0.4 is 10.1 Å². The molecule has 3 heterocycles. The molecular formula is C28H39N3O3S. The normalized spacial score (nSPS) is 20.5. The molecule has 2 amide bonds. The van der Waals surface area contributed by atoms with Crippen LogP contribution in [0.25, 0.3) is 10.4 Å². The number of nitrogens with zero attached hydrogens (tertiary/aromatic N) is 2. The number of nitrogens with one attached hydrogen (secondary N) is 1. The molecule has 7 heteroatoms. The van der Waals surface area contributed by atoms with Crippen LogP contribution in [0.15, 0.2) is 36.4 Å². The van der Waals surface area contributed by atoms with Crippen molar-refractivity contribution in [2.45, 2.75) is 71.0 Å². The van der Waals surface area contributed by atoms with E-state index in [2.05, 4.69) is 55.3 Å². The zero-order chi connectivity index (χ0) is 25.0. The molecule has 2 aliphatic heterocycles. The first kappa shape index (κ1) is 25.7. The van der Waals surface area contributed by atoms with Crippen molar-refractivity contribution in [2.75, 3.05) is 26.7 Å². The number of ether oxygens (including phenoxy) is 1. The number of amides is 2. The summed E-state index contributed by atoms with van der Waals surface area (Å²) in [5.41, 5.74) is 0.500. The molecule has 1 aromatic heterocycles. The lowest BCUT2D eigenvalue weighted by atomic mass is 9.80. The second-order valence-electron chi connectivity index (χ2n) is 10.3. The Morgan fingerprint density at radius 3 is 2.46 bits per heavy atom. The molecule has 0 aliphatic carbocycles. The molecule has 0 bridgehead atoms. The summed E-state index contributed by atoms with van der Waals surface area (Å²) in [7, 11) is 1.68. The third kappa shape index (κ3) is 5.56. The van der Waals surface area contributed by atoms with Crippen molar-refractivity contribution in [1.29, 1.82) is 0 Å². The van der Waals surface area contributed by atoms with Crippen LogP contribution in [0.5, 0.6) is 5.75 Å². The zero-order valence-corrected chi connectivity index (χ0v) is 22.3. The topological polar surface area (TPSA) is 61.9 Å². The maximum atomic E-state index is 13.4. The predicted molar refractivity (Wildman–Crippen MR) is 142 cm³/mol. The third-order valence-electron chi connectivity index (χ3n) is 7.35. The SMILES string of the molecule is CCCCN1C(=O)C(CC(C)C)NC(=O)C12CCN(Cc1ccc(-c3ccc(OC)cc3)s1)CC2. The second kappa shape index (κ2) is 11.1. The number of likely N-dealkylation sites (tertiary alicyclic amines) is 1. The molecule has 2 saturated heterocycles. The minimum atomic E-state index is -0.695. The van der Waals surface area contributed by atoms with Gasteiger partial charge in [-0.2, -0.15) is 0 Å². The fraction of sp³-hybridized carbons (Fsp3) is 0.571.